The number of aromatic nitrogens is 4. The van der Waals surface area contributed by atoms with E-state index >= 15 is 0 Å². The molecule has 0 bridgehead atoms. The van der Waals surface area contributed by atoms with Crippen LogP contribution >= 0.6 is 0 Å². The number of carbonyl (C=O) groups excluding carboxylic acids is 1. The minimum Gasteiger partial charge on any atom is -0.477 e. The van der Waals surface area contributed by atoms with E-state index in [1.165, 1.54) is 11.6 Å². The number of carboxylic acid groups (broad SMARTS) is 1. The van der Waals surface area contributed by atoms with Gasteiger partial charge in [-0.1, -0.05) is 43.3 Å². The molecule has 204 valence electrons. The molecular weight excluding hydrogens is 506 g/mol. The molecule has 10 heteroatoms. The summed E-state index contributed by atoms with van der Waals surface area (Å²) in [4.78, 5) is 37.9. The van der Waals surface area contributed by atoms with E-state index in [9.17, 15) is 14.7 Å². The first-order chi connectivity index (χ1) is 19.2. The van der Waals surface area contributed by atoms with Crippen LogP contribution < -0.4 is 15.1 Å². The van der Waals surface area contributed by atoms with Gasteiger partial charge in [0.2, 0.25) is 5.82 Å². The first-order valence-corrected chi connectivity index (χ1v) is 13.7. The van der Waals surface area contributed by atoms with Crippen LogP contribution in [0.4, 0.5) is 11.5 Å². The molecule has 1 aromatic carbocycles. The highest BCUT2D eigenvalue weighted by Crippen LogP contribution is 2.50. The predicted octanol–water partition coefficient (Wildman–Crippen LogP) is 3.31. The summed E-state index contributed by atoms with van der Waals surface area (Å²) in [6.07, 6.45) is 3.91. The van der Waals surface area contributed by atoms with Gasteiger partial charge >= 0.3 is 5.97 Å². The summed E-state index contributed by atoms with van der Waals surface area (Å²) in [5, 5.41) is 17.0. The van der Waals surface area contributed by atoms with E-state index < -0.39 is 5.97 Å². The van der Waals surface area contributed by atoms with Crippen molar-refractivity contribution >= 4 is 29.0 Å². The van der Waals surface area contributed by atoms with Crippen molar-refractivity contribution in [1.29, 1.82) is 0 Å². The lowest BCUT2D eigenvalue weighted by molar-refractivity contribution is 0.0690. The van der Waals surface area contributed by atoms with Gasteiger partial charge in [0.05, 0.1) is 17.4 Å². The number of piperidine rings is 1. The zero-order valence-corrected chi connectivity index (χ0v) is 22.5. The number of fused-ring (bicyclic) bond motifs is 2. The number of carbonyl (C=O) groups is 2. The van der Waals surface area contributed by atoms with Gasteiger partial charge in [-0.2, -0.15) is 0 Å². The number of benzene rings is 1. The molecule has 2 saturated heterocycles. The fourth-order valence-electron chi connectivity index (χ4n) is 6.51. The molecule has 2 N–H and O–H groups in total. The number of nitrogens with zero attached hydrogens (tertiary/aromatic N) is 6. The van der Waals surface area contributed by atoms with Crippen molar-refractivity contribution < 1.29 is 14.7 Å². The van der Waals surface area contributed by atoms with Crippen LogP contribution in [0.3, 0.4) is 0 Å². The summed E-state index contributed by atoms with van der Waals surface area (Å²) in [6, 6.07) is 17.8. The average molecular weight is 538 g/mol. The van der Waals surface area contributed by atoms with Crippen LogP contribution in [-0.2, 0) is 5.41 Å². The topological polar surface area (TPSA) is 116 Å². The Labute approximate surface area is 231 Å². The van der Waals surface area contributed by atoms with Gasteiger partial charge in [-0.15, -0.1) is 5.10 Å². The summed E-state index contributed by atoms with van der Waals surface area (Å²) >= 11 is 0. The van der Waals surface area contributed by atoms with Gasteiger partial charge in [0, 0.05) is 37.5 Å². The zero-order chi connectivity index (χ0) is 27.6. The molecule has 3 aromatic heterocycles. The van der Waals surface area contributed by atoms with E-state index in [1.807, 2.05) is 18.0 Å². The zero-order valence-electron chi connectivity index (χ0n) is 22.5. The number of amides is 1. The SMILES string of the molecule is Cc1cc(N2CC[C@](C)(c3ccccc3)C2)cn2nc(C(=O)NC34CC3CN(c3cccc(C(=O)O)n3)C4)nc12. The second-order valence-corrected chi connectivity index (χ2v) is 11.8. The Morgan fingerprint density at radius 1 is 1.05 bits per heavy atom. The number of aryl methyl sites for hydroxylation is 1. The summed E-state index contributed by atoms with van der Waals surface area (Å²) in [5.74, 6) is -0.300. The average Bonchev–Trinajstić information content (AvgIpc) is 3.32. The molecule has 10 nitrogen and oxygen atoms in total. The standard InChI is InChI=1S/C30H31N7O3/c1-19-13-22(35-12-11-29(2,17-35)20-7-4-3-5-8-20)16-37-26(19)32-25(34-37)27(38)33-30-14-21(30)15-36(18-30)24-10-6-9-23(31-24)28(39)40/h3-10,13,16,21H,11-12,14-15,17-18H2,1-2H3,(H,33,38)(H,39,40)/t21?,29-,30?/m0/s1. The Hall–Kier alpha value is -4.47. The van der Waals surface area contributed by atoms with E-state index in [0.29, 0.717) is 18.0 Å². The maximum absolute atomic E-state index is 13.3. The number of pyridine rings is 2. The van der Waals surface area contributed by atoms with E-state index in [0.717, 1.165) is 43.7 Å². The van der Waals surface area contributed by atoms with Gasteiger partial charge in [0.1, 0.15) is 5.82 Å². The Morgan fingerprint density at radius 3 is 2.67 bits per heavy atom. The Kier molecular flexibility index (Phi) is 5.39. The number of rotatable bonds is 6. The van der Waals surface area contributed by atoms with Crippen LogP contribution in [0.2, 0.25) is 0 Å². The number of hydrogen-bond donors (Lipinski definition) is 2. The third kappa shape index (κ3) is 4.06. The third-order valence-electron chi connectivity index (χ3n) is 8.90. The van der Waals surface area contributed by atoms with Gasteiger partial charge < -0.3 is 20.2 Å². The first-order valence-electron chi connectivity index (χ1n) is 13.7. The van der Waals surface area contributed by atoms with Crippen molar-refractivity contribution in [3.63, 3.8) is 0 Å². The summed E-state index contributed by atoms with van der Waals surface area (Å²) in [6.45, 7) is 7.47. The maximum Gasteiger partial charge on any atom is 0.354 e. The minimum atomic E-state index is -1.06. The van der Waals surface area contributed by atoms with Crippen LogP contribution in [-0.4, -0.2) is 68.3 Å². The third-order valence-corrected chi connectivity index (χ3v) is 8.90. The van der Waals surface area contributed by atoms with Crippen LogP contribution in [0.15, 0.2) is 60.8 Å². The highest BCUT2D eigenvalue weighted by molar-refractivity contribution is 5.92. The molecule has 40 heavy (non-hydrogen) atoms. The lowest BCUT2D eigenvalue weighted by Gasteiger charge is -2.26. The van der Waals surface area contributed by atoms with Gasteiger partial charge in [0.25, 0.3) is 5.91 Å². The van der Waals surface area contributed by atoms with Crippen molar-refractivity contribution in [1.82, 2.24) is 24.9 Å². The second kappa shape index (κ2) is 8.77. The van der Waals surface area contributed by atoms with Gasteiger partial charge in [-0.25, -0.2) is 19.3 Å². The molecule has 1 aliphatic carbocycles. The monoisotopic (exact) mass is 537 g/mol. The first kappa shape index (κ1) is 24.6. The molecule has 4 aromatic rings. The van der Waals surface area contributed by atoms with E-state index in [-0.39, 0.29) is 34.3 Å². The van der Waals surface area contributed by atoms with Crippen molar-refractivity contribution in [3.8, 4) is 0 Å². The van der Waals surface area contributed by atoms with Crippen LogP contribution in [0.5, 0.6) is 0 Å². The smallest absolute Gasteiger partial charge is 0.354 e. The summed E-state index contributed by atoms with van der Waals surface area (Å²) in [7, 11) is 0. The highest BCUT2D eigenvalue weighted by Gasteiger charge is 2.61. The molecule has 3 atom stereocenters. The fraction of sp³-hybridized carbons (Fsp3) is 0.367. The van der Waals surface area contributed by atoms with Gasteiger partial charge in [-0.3, -0.25) is 4.79 Å². The maximum atomic E-state index is 13.3. The molecule has 2 unspecified atom stereocenters. The Morgan fingerprint density at radius 2 is 1.88 bits per heavy atom. The molecule has 3 aliphatic rings. The lowest BCUT2D eigenvalue weighted by atomic mass is 9.82. The van der Waals surface area contributed by atoms with Crippen molar-refractivity contribution in [3.05, 3.63) is 83.4 Å². The Bertz CT molecular complexity index is 1650. The highest BCUT2D eigenvalue weighted by atomic mass is 16.4. The number of aromatic carboxylic acids is 1. The Balaban J connectivity index is 1.07. The normalized spacial score (nSPS) is 25.3. The van der Waals surface area contributed by atoms with Crippen molar-refractivity contribution in [2.45, 2.75) is 37.6 Å². The predicted molar refractivity (Wildman–Crippen MR) is 150 cm³/mol. The van der Waals surface area contributed by atoms with Gasteiger partial charge in [-0.05, 0) is 49.1 Å². The number of carboxylic acids is 1. The van der Waals surface area contributed by atoms with Crippen LogP contribution in [0.1, 0.15) is 52.0 Å². The molecule has 3 fully saturated rings. The minimum absolute atomic E-state index is 0.0124. The molecule has 7 rings (SSSR count). The number of hydrogen-bond acceptors (Lipinski definition) is 7. The van der Waals surface area contributed by atoms with E-state index in [1.54, 1.807) is 16.6 Å². The molecule has 5 heterocycles. The van der Waals surface area contributed by atoms with Crippen LogP contribution in [0, 0.1) is 12.8 Å². The van der Waals surface area contributed by atoms with Gasteiger partial charge in [0.15, 0.2) is 11.3 Å². The van der Waals surface area contributed by atoms with E-state index in [4.69, 9.17) is 0 Å². The molecule has 1 amide bonds. The van der Waals surface area contributed by atoms with Crippen LogP contribution in [0.25, 0.3) is 5.65 Å². The van der Waals surface area contributed by atoms with Crippen molar-refractivity contribution in [2.75, 3.05) is 36.0 Å². The fourth-order valence-corrected chi connectivity index (χ4v) is 6.51. The molecule has 0 radical (unpaired) electrons. The molecule has 2 aliphatic heterocycles. The molecule has 0 spiro atoms. The number of anilines is 2. The molecular formula is C30H31N7O3. The summed E-state index contributed by atoms with van der Waals surface area (Å²) in [5.41, 5.74) is 3.79. The van der Waals surface area contributed by atoms with Crippen molar-refractivity contribution in [2.24, 2.45) is 5.92 Å². The quantitative estimate of drug-likeness (QED) is 0.385. The largest absolute Gasteiger partial charge is 0.477 e. The lowest BCUT2D eigenvalue weighted by Crippen LogP contribution is -2.43. The summed E-state index contributed by atoms with van der Waals surface area (Å²) < 4.78 is 1.72. The van der Waals surface area contributed by atoms with E-state index in [2.05, 4.69) is 68.6 Å². The molecule has 1 saturated carbocycles. The number of nitrogens with one attached hydrogen (secondary N) is 1. The second-order valence-electron chi connectivity index (χ2n) is 11.8.